The molecule has 0 rings (SSSR count). The molecule has 5 nitrogen and oxygen atoms in total. The lowest BCUT2D eigenvalue weighted by molar-refractivity contribution is -0.146. The van der Waals surface area contributed by atoms with E-state index in [2.05, 4.69) is 0 Å². The Kier molecular flexibility index (Phi) is 7.54. The minimum absolute atomic E-state index is 0.0354. The van der Waals surface area contributed by atoms with Crippen LogP contribution in [0.4, 0.5) is 0 Å². The summed E-state index contributed by atoms with van der Waals surface area (Å²) in [4.78, 5) is 24.1. The third-order valence-corrected chi connectivity index (χ3v) is 3.00. The zero-order chi connectivity index (χ0) is 13.4. The van der Waals surface area contributed by atoms with Gasteiger partial charge in [-0.1, -0.05) is 13.8 Å². The zero-order valence-corrected chi connectivity index (χ0v) is 11.0. The molecule has 0 aliphatic rings. The van der Waals surface area contributed by atoms with Gasteiger partial charge in [0, 0.05) is 12.5 Å². The molecule has 0 spiro atoms. The Morgan fingerprint density at radius 1 is 1.35 bits per heavy atom. The topological polar surface area (TPSA) is 83.6 Å². The van der Waals surface area contributed by atoms with E-state index in [1.54, 1.807) is 0 Å². The maximum Gasteiger partial charge on any atom is 0.323 e. The number of carbonyl (C=O) groups is 2. The normalized spacial score (nSPS) is 14.1. The molecule has 0 aliphatic heterocycles. The SMILES string of the molecule is CCC(C)N(CC(=O)O)C(=O)CCC(C)CN. The van der Waals surface area contributed by atoms with Gasteiger partial charge in [-0.15, -0.1) is 0 Å². The molecule has 3 N–H and O–H groups in total. The van der Waals surface area contributed by atoms with E-state index < -0.39 is 5.97 Å². The number of carboxylic acids is 1. The lowest BCUT2D eigenvalue weighted by Gasteiger charge is -2.27. The summed E-state index contributed by atoms with van der Waals surface area (Å²) in [5, 5.41) is 8.79. The van der Waals surface area contributed by atoms with Crippen molar-refractivity contribution in [1.29, 1.82) is 0 Å². The Balaban J connectivity index is 4.37. The number of nitrogens with two attached hydrogens (primary N) is 1. The van der Waals surface area contributed by atoms with Crippen LogP contribution in [0.15, 0.2) is 0 Å². The van der Waals surface area contributed by atoms with Gasteiger partial charge in [-0.2, -0.15) is 0 Å². The minimum Gasteiger partial charge on any atom is -0.480 e. The van der Waals surface area contributed by atoms with Gasteiger partial charge in [0.2, 0.25) is 5.91 Å². The Bertz CT molecular complexity index is 256. The van der Waals surface area contributed by atoms with Gasteiger partial charge >= 0.3 is 5.97 Å². The number of hydrogen-bond donors (Lipinski definition) is 2. The standard InChI is InChI=1S/C12H24N2O3/c1-4-10(3)14(8-12(16)17)11(15)6-5-9(2)7-13/h9-10H,4-8,13H2,1-3H3,(H,16,17). The molecular formula is C12H24N2O3. The second-order valence-corrected chi connectivity index (χ2v) is 4.55. The first-order valence-electron chi connectivity index (χ1n) is 6.13. The second-order valence-electron chi connectivity index (χ2n) is 4.55. The molecule has 2 unspecified atom stereocenters. The van der Waals surface area contributed by atoms with Crippen LogP contribution in [0.2, 0.25) is 0 Å². The molecule has 0 aromatic heterocycles. The number of rotatable bonds is 8. The predicted octanol–water partition coefficient (Wildman–Crippen LogP) is 1.07. The fourth-order valence-corrected chi connectivity index (χ4v) is 1.49. The molecule has 1 amide bonds. The largest absolute Gasteiger partial charge is 0.480 e. The van der Waals surface area contributed by atoms with Crippen LogP contribution in [-0.4, -0.2) is 41.0 Å². The lowest BCUT2D eigenvalue weighted by Crippen LogP contribution is -2.41. The summed E-state index contributed by atoms with van der Waals surface area (Å²) in [5.41, 5.74) is 5.48. The smallest absolute Gasteiger partial charge is 0.323 e. The summed E-state index contributed by atoms with van der Waals surface area (Å²) in [6.45, 7) is 6.13. The van der Waals surface area contributed by atoms with Crippen molar-refractivity contribution in [2.75, 3.05) is 13.1 Å². The Morgan fingerprint density at radius 3 is 2.35 bits per heavy atom. The molecule has 2 atom stereocenters. The Labute approximate surface area is 103 Å². The Hall–Kier alpha value is -1.10. The predicted molar refractivity (Wildman–Crippen MR) is 66.6 cm³/mol. The van der Waals surface area contributed by atoms with Crippen molar-refractivity contribution in [2.24, 2.45) is 11.7 Å². The molecule has 0 bridgehead atoms. The first kappa shape index (κ1) is 15.9. The zero-order valence-electron chi connectivity index (χ0n) is 11.0. The quantitative estimate of drug-likeness (QED) is 0.669. The first-order chi connectivity index (χ1) is 7.92. The molecule has 5 heteroatoms. The molecule has 17 heavy (non-hydrogen) atoms. The maximum absolute atomic E-state index is 11.9. The molecule has 0 aromatic rings. The highest BCUT2D eigenvalue weighted by molar-refractivity contribution is 5.81. The third kappa shape index (κ3) is 6.26. The van der Waals surface area contributed by atoms with E-state index in [9.17, 15) is 9.59 Å². The van der Waals surface area contributed by atoms with Gasteiger partial charge in [-0.05, 0) is 32.2 Å². The number of nitrogens with zero attached hydrogens (tertiary/aromatic N) is 1. The molecule has 0 saturated heterocycles. The summed E-state index contributed by atoms with van der Waals surface area (Å²) in [5.74, 6) is -0.768. The van der Waals surface area contributed by atoms with E-state index in [1.165, 1.54) is 4.90 Å². The molecule has 0 aliphatic carbocycles. The lowest BCUT2D eigenvalue weighted by atomic mass is 10.0. The maximum atomic E-state index is 11.9. The van der Waals surface area contributed by atoms with Crippen LogP contribution in [0, 0.1) is 5.92 Å². The fourth-order valence-electron chi connectivity index (χ4n) is 1.49. The molecule has 0 heterocycles. The summed E-state index contributed by atoms with van der Waals surface area (Å²) < 4.78 is 0. The van der Waals surface area contributed by atoms with Gasteiger partial charge in [-0.3, -0.25) is 9.59 Å². The summed E-state index contributed by atoms with van der Waals surface area (Å²) in [7, 11) is 0. The van der Waals surface area contributed by atoms with E-state index in [0.717, 1.165) is 6.42 Å². The van der Waals surface area contributed by atoms with Crippen LogP contribution in [-0.2, 0) is 9.59 Å². The highest BCUT2D eigenvalue weighted by atomic mass is 16.4. The van der Waals surface area contributed by atoms with Crippen molar-refractivity contribution in [3.05, 3.63) is 0 Å². The summed E-state index contributed by atoms with van der Waals surface area (Å²) in [6, 6.07) is -0.0354. The van der Waals surface area contributed by atoms with E-state index in [0.29, 0.717) is 25.3 Å². The van der Waals surface area contributed by atoms with Gasteiger partial charge in [0.05, 0.1) is 0 Å². The van der Waals surface area contributed by atoms with Gasteiger partial charge in [0.15, 0.2) is 0 Å². The third-order valence-electron chi connectivity index (χ3n) is 3.00. The van der Waals surface area contributed by atoms with E-state index in [-0.39, 0.29) is 18.5 Å². The van der Waals surface area contributed by atoms with Crippen molar-refractivity contribution in [2.45, 2.75) is 46.1 Å². The van der Waals surface area contributed by atoms with Crippen LogP contribution in [0.5, 0.6) is 0 Å². The van der Waals surface area contributed by atoms with E-state index >= 15 is 0 Å². The number of aliphatic carboxylic acids is 1. The van der Waals surface area contributed by atoms with Gasteiger partial charge in [0.1, 0.15) is 6.54 Å². The second kappa shape index (κ2) is 8.06. The highest BCUT2D eigenvalue weighted by Gasteiger charge is 2.21. The van der Waals surface area contributed by atoms with E-state index in [4.69, 9.17) is 10.8 Å². The van der Waals surface area contributed by atoms with Crippen LogP contribution >= 0.6 is 0 Å². The van der Waals surface area contributed by atoms with Crippen molar-refractivity contribution in [1.82, 2.24) is 4.90 Å². The minimum atomic E-state index is -0.967. The van der Waals surface area contributed by atoms with Gasteiger partial charge in [-0.25, -0.2) is 0 Å². The van der Waals surface area contributed by atoms with E-state index in [1.807, 2.05) is 20.8 Å². The van der Waals surface area contributed by atoms with Gasteiger partial charge < -0.3 is 15.7 Å². The van der Waals surface area contributed by atoms with Gasteiger partial charge in [0.25, 0.3) is 0 Å². The van der Waals surface area contributed by atoms with Crippen LogP contribution in [0.3, 0.4) is 0 Å². The van der Waals surface area contributed by atoms with Crippen LogP contribution in [0.1, 0.15) is 40.0 Å². The van der Waals surface area contributed by atoms with Crippen LogP contribution < -0.4 is 5.73 Å². The molecule has 100 valence electrons. The summed E-state index contributed by atoms with van der Waals surface area (Å²) in [6.07, 6.45) is 1.84. The number of carboxylic acid groups (broad SMARTS) is 1. The number of hydrogen-bond acceptors (Lipinski definition) is 3. The van der Waals surface area contributed by atoms with Crippen molar-refractivity contribution in [3.8, 4) is 0 Å². The average molecular weight is 244 g/mol. The van der Waals surface area contributed by atoms with Crippen molar-refractivity contribution < 1.29 is 14.7 Å². The molecular weight excluding hydrogens is 220 g/mol. The number of carbonyl (C=O) groups excluding carboxylic acids is 1. The first-order valence-corrected chi connectivity index (χ1v) is 6.13. The monoisotopic (exact) mass is 244 g/mol. The average Bonchev–Trinajstić information content (AvgIpc) is 2.31. The molecule has 0 saturated carbocycles. The fraction of sp³-hybridized carbons (Fsp3) is 0.833. The van der Waals surface area contributed by atoms with Crippen molar-refractivity contribution in [3.63, 3.8) is 0 Å². The highest BCUT2D eigenvalue weighted by Crippen LogP contribution is 2.10. The summed E-state index contributed by atoms with van der Waals surface area (Å²) >= 11 is 0. The molecule has 0 fully saturated rings. The Morgan fingerprint density at radius 2 is 1.94 bits per heavy atom. The molecule has 0 radical (unpaired) electrons. The van der Waals surface area contributed by atoms with Crippen molar-refractivity contribution >= 4 is 11.9 Å². The van der Waals surface area contributed by atoms with Crippen LogP contribution in [0.25, 0.3) is 0 Å². The molecule has 0 aromatic carbocycles. The number of amides is 1.